The zero-order valence-corrected chi connectivity index (χ0v) is 17.2. The Labute approximate surface area is 157 Å². The summed E-state index contributed by atoms with van der Waals surface area (Å²) in [5, 5.41) is 0. The standard InChI is InChI=1S/C24H44O/c1-3-7-20-8-10-21(11-9-20)12-13-22-14-16-23(17-15-22)24(25-2)18-5-4-6-19-24/h20-23H,3-19H2,1-2H3/t20-,21-,22-,23-. The molecule has 3 saturated carbocycles. The van der Waals surface area contributed by atoms with E-state index in [1.165, 1.54) is 109 Å². The molecule has 0 aliphatic heterocycles. The lowest BCUT2D eigenvalue weighted by Gasteiger charge is -2.45. The highest BCUT2D eigenvalue weighted by Crippen LogP contribution is 2.46. The van der Waals surface area contributed by atoms with Gasteiger partial charge in [0.05, 0.1) is 5.60 Å². The van der Waals surface area contributed by atoms with Gasteiger partial charge >= 0.3 is 0 Å². The van der Waals surface area contributed by atoms with E-state index in [1.807, 2.05) is 7.11 Å². The molecule has 0 unspecified atom stereocenters. The Morgan fingerprint density at radius 1 is 0.680 bits per heavy atom. The van der Waals surface area contributed by atoms with Crippen LogP contribution in [0, 0.1) is 23.7 Å². The number of ether oxygens (including phenoxy) is 1. The number of hydrogen-bond acceptors (Lipinski definition) is 1. The van der Waals surface area contributed by atoms with Crippen molar-refractivity contribution >= 4 is 0 Å². The molecule has 1 heteroatoms. The SMILES string of the molecule is CCC[C@H]1CC[C@H](CC[C@H]2CC[C@H](C3(OC)CCCCC3)CC2)CC1. The van der Waals surface area contributed by atoms with E-state index in [1.54, 1.807) is 0 Å². The normalized spacial score (nSPS) is 36.2. The fraction of sp³-hybridized carbons (Fsp3) is 1.00. The molecule has 0 aromatic carbocycles. The molecular formula is C24H44O. The lowest BCUT2D eigenvalue weighted by Crippen LogP contribution is -2.43. The summed E-state index contributed by atoms with van der Waals surface area (Å²) in [7, 11) is 1.99. The number of rotatable bonds is 7. The van der Waals surface area contributed by atoms with Gasteiger partial charge in [0.15, 0.2) is 0 Å². The lowest BCUT2D eigenvalue weighted by molar-refractivity contribution is -0.0972. The van der Waals surface area contributed by atoms with Crippen molar-refractivity contribution in [2.45, 2.75) is 122 Å². The quantitative estimate of drug-likeness (QED) is 0.462. The average Bonchev–Trinajstić information content (AvgIpc) is 2.68. The number of hydrogen-bond donors (Lipinski definition) is 0. The fourth-order valence-electron chi connectivity index (χ4n) is 6.59. The van der Waals surface area contributed by atoms with Crippen molar-refractivity contribution in [3.63, 3.8) is 0 Å². The molecule has 1 nitrogen and oxygen atoms in total. The molecule has 0 atom stereocenters. The molecule has 0 heterocycles. The average molecular weight is 349 g/mol. The largest absolute Gasteiger partial charge is 0.378 e. The second-order valence-electron chi connectivity index (χ2n) is 9.80. The van der Waals surface area contributed by atoms with Gasteiger partial charge in [0.1, 0.15) is 0 Å². The molecule has 0 amide bonds. The maximum Gasteiger partial charge on any atom is 0.0706 e. The summed E-state index contributed by atoms with van der Waals surface area (Å²) >= 11 is 0. The van der Waals surface area contributed by atoms with Gasteiger partial charge in [-0.3, -0.25) is 0 Å². The Hall–Kier alpha value is -0.0400. The monoisotopic (exact) mass is 348 g/mol. The molecule has 3 aliphatic carbocycles. The summed E-state index contributed by atoms with van der Waals surface area (Å²) < 4.78 is 6.14. The van der Waals surface area contributed by atoms with Crippen LogP contribution in [-0.2, 0) is 4.74 Å². The van der Waals surface area contributed by atoms with Gasteiger partial charge in [0.2, 0.25) is 0 Å². The molecule has 0 aromatic heterocycles. The second kappa shape index (κ2) is 9.77. The minimum Gasteiger partial charge on any atom is -0.378 e. The van der Waals surface area contributed by atoms with Crippen LogP contribution in [0.25, 0.3) is 0 Å². The second-order valence-corrected chi connectivity index (χ2v) is 9.80. The third kappa shape index (κ3) is 5.24. The van der Waals surface area contributed by atoms with Gasteiger partial charge in [0.25, 0.3) is 0 Å². The van der Waals surface area contributed by atoms with Crippen molar-refractivity contribution in [1.29, 1.82) is 0 Å². The number of methoxy groups -OCH3 is 1. The van der Waals surface area contributed by atoms with Crippen molar-refractivity contribution in [3.05, 3.63) is 0 Å². The Kier molecular flexibility index (Phi) is 7.70. The molecule has 0 N–H and O–H groups in total. The van der Waals surface area contributed by atoms with Gasteiger partial charge < -0.3 is 4.74 Å². The Morgan fingerprint density at radius 3 is 1.64 bits per heavy atom. The predicted molar refractivity (Wildman–Crippen MR) is 108 cm³/mol. The highest BCUT2D eigenvalue weighted by atomic mass is 16.5. The molecule has 25 heavy (non-hydrogen) atoms. The molecule has 3 fully saturated rings. The minimum atomic E-state index is 0.265. The fourth-order valence-corrected chi connectivity index (χ4v) is 6.59. The van der Waals surface area contributed by atoms with E-state index in [9.17, 15) is 0 Å². The molecule has 0 aromatic rings. The molecule has 3 aliphatic rings. The summed E-state index contributed by atoms with van der Waals surface area (Å²) in [6.45, 7) is 2.35. The van der Waals surface area contributed by atoms with E-state index in [-0.39, 0.29) is 5.60 Å². The van der Waals surface area contributed by atoms with Crippen LogP contribution in [0.1, 0.15) is 116 Å². The Morgan fingerprint density at radius 2 is 1.16 bits per heavy atom. The van der Waals surface area contributed by atoms with Crippen LogP contribution in [0.4, 0.5) is 0 Å². The van der Waals surface area contributed by atoms with Crippen LogP contribution in [0.3, 0.4) is 0 Å². The first-order valence-corrected chi connectivity index (χ1v) is 11.8. The van der Waals surface area contributed by atoms with E-state index in [0.717, 1.165) is 23.7 Å². The van der Waals surface area contributed by atoms with Gasteiger partial charge in [0, 0.05) is 7.11 Å². The third-order valence-electron chi connectivity index (χ3n) is 8.34. The maximum atomic E-state index is 6.14. The van der Waals surface area contributed by atoms with E-state index in [2.05, 4.69) is 6.92 Å². The first-order valence-electron chi connectivity index (χ1n) is 11.8. The lowest BCUT2D eigenvalue weighted by atomic mass is 9.67. The Bertz CT molecular complexity index is 354. The maximum absolute atomic E-state index is 6.14. The van der Waals surface area contributed by atoms with Gasteiger partial charge in [-0.15, -0.1) is 0 Å². The predicted octanol–water partition coefficient (Wildman–Crippen LogP) is 7.53. The van der Waals surface area contributed by atoms with E-state index < -0.39 is 0 Å². The van der Waals surface area contributed by atoms with E-state index in [4.69, 9.17) is 4.74 Å². The van der Waals surface area contributed by atoms with Crippen LogP contribution >= 0.6 is 0 Å². The van der Waals surface area contributed by atoms with Crippen LogP contribution < -0.4 is 0 Å². The van der Waals surface area contributed by atoms with Crippen molar-refractivity contribution in [3.8, 4) is 0 Å². The van der Waals surface area contributed by atoms with Gasteiger partial charge in [-0.25, -0.2) is 0 Å². The van der Waals surface area contributed by atoms with Gasteiger partial charge in [-0.05, 0) is 49.4 Å². The first-order chi connectivity index (χ1) is 12.3. The van der Waals surface area contributed by atoms with Crippen molar-refractivity contribution in [2.75, 3.05) is 7.11 Å². The molecular weight excluding hydrogens is 304 g/mol. The summed E-state index contributed by atoms with van der Waals surface area (Å²) in [6, 6.07) is 0. The summed E-state index contributed by atoms with van der Waals surface area (Å²) in [5.74, 6) is 4.02. The zero-order valence-electron chi connectivity index (χ0n) is 17.2. The van der Waals surface area contributed by atoms with Crippen LogP contribution in [0.5, 0.6) is 0 Å². The summed E-state index contributed by atoms with van der Waals surface area (Å²) in [4.78, 5) is 0. The topological polar surface area (TPSA) is 9.23 Å². The Balaban J connectivity index is 1.35. The van der Waals surface area contributed by atoms with Crippen LogP contribution in [0.2, 0.25) is 0 Å². The minimum absolute atomic E-state index is 0.265. The van der Waals surface area contributed by atoms with Crippen molar-refractivity contribution in [2.24, 2.45) is 23.7 Å². The van der Waals surface area contributed by atoms with Crippen LogP contribution in [-0.4, -0.2) is 12.7 Å². The van der Waals surface area contributed by atoms with Crippen molar-refractivity contribution < 1.29 is 4.74 Å². The highest BCUT2D eigenvalue weighted by Gasteiger charge is 2.41. The molecule has 0 spiro atoms. The summed E-state index contributed by atoms with van der Waals surface area (Å²) in [6.07, 6.45) is 24.8. The molecule has 3 rings (SSSR count). The zero-order chi connectivity index (χ0) is 17.5. The third-order valence-corrected chi connectivity index (χ3v) is 8.34. The smallest absolute Gasteiger partial charge is 0.0706 e. The van der Waals surface area contributed by atoms with Gasteiger partial charge in [-0.1, -0.05) is 90.4 Å². The molecule has 0 saturated heterocycles. The molecule has 146 valence electrons. The van der Waals surface area contributed by atoms with E-state index in [0.29, 0.717) is 0 Å². The molecule has 0 bridgehead atoms. The highest BCUT2D eigenvalue weighted by molar-refractivity contribution is 4.93. The van der Waals surface area contributed by atoms with Crippen molar-refractivity contribution in [1.82, 2.24) is 0 Å². The van der Waals surface area contributed by atoms with Gasteiger partial charge in [-0.2, -0.15) is 0 Å². The summed E-state index contributed by atoms with van der Waals surface area (Å²) in [5.41, 5.74) is 0.265. The van der Waals surface area contributed by atoms with Crippen LogP contribution in [0.15, 0.2) is 0 Å². The van der Waals surface area contributed by atoms with E-state index >= 15 is 0 Å². The first kappa shape index (κ1) is 19.7. The molecule has 0 radical (unpaired) electrons.